The van der Waals surface area contributed by atoms with Crippen LogP contribution in [-0.4, -0.2) is 102 Å². The van der Waals surface area contributed by atoms with E-state index in [4.69, 9.17) is 4.74 Å². The topological polar surface area (TPSA) is 157 Å². The number of ether oxygens (including phenoxy) is 1. The van der Waals surface area contributed by atoms with Gasteiger partial charge in [0.05, 0.1) is 30.6 Å². The highest BCUT2D eigenvalue weighted by Gasteiger charge is 2.56. The highest BCUT2D eigenvalue weighted by atomic mass is 32.2. The lowest BCUT2D eigenvalue weighted by atomic mass is 9.78. The van der Waals surface area contributed by atoms with Gasteiger partial charge in [0.1, 0.15) is 11.6 Å². The van der Waals surface area contributed by atoms with E-state index in [1.165, 1.54) is 0 Å². The summed E-state index contributed by atoms with van der Waals surface area (Å²) in [6.45, 7) is 7.77. The molecular weight excluding hydrogens is 584 g/mol. The summed E-state index contributed by atoms with van der Waals surface area (Å²) in [7, 11) is -3.42. The predicted molar refractivity (Wildman–Crippen MR) is 165 cm³/mol. The minimum atomic E-state index is -3.42. The van der Waals surface area contributed by atoms with Crippen LogP contribution in [0.3, 0.4) is 0 Å². The van der Waals surface area contributed by atoms with Gasteiger partial charge in [0.2, 0.25) is 21.8 Å². The molecule has 13 heteroatoms. The Kier molecular flexibility index (Phi) is 9.36. The fourth-order valence-corrected chi connectivity index (χ4v) is 7.47. The number of aryl methyl sites for hydroxylation is 2. The van der Waals surface area contributed by atoms with Gasteiger partial charge in [0.25, 0.3) is 0 Å². The zero-order valence-corrected chi connectivity index (χ0v) is 26.5. The van der Waals surface area contributed by atoms with Crippen LogP contribution in [0, 0.1) is 31.6 Å². The molecular formula is C31H42N6O6S. The Balaban J connectivity index is 1.42. The highest BCUT2D eigenvalue weighted by molar-refractivity contribution is 7.92. The van der Waals surface area contributed by atoms with Gasteiger partial charge < -0.3 is 20.1 Å². The number of hydrogen-bond acceptors (Lipinski definition) is 8. The Bertz CT molecular complexity index is 1510. The number of likely N-dealkylation sites (tertiary alicyclic amines) is 1. The number of aromatic nitrogens is 2. The van der Waals surface area contributed by atoms with Crippen LogP contribution in [0.2, 0.25) is 0 Å². The van der Waals surface area contributed by atoms with Crippen LogP contribution < -0.4 is 10.0 Å². The number of hydrogen-bond donors (Lipinski definition) is 4. The first kappa shape index (κ1) is 32.0. The molecule has 1 aromatic carbocycles. The number of sulfonamides is 1. The number of anilines is 1. The van der Waals surface area contributed by atoms with Crippen LogP contribution in [0.5, 0.6) is 0 Å². The van der Waals surface area contributed by atoms with Gasteiger partial charge >= 0.3 is 0 Å². The smallest absolute Gasteiger partial charge is 0.249 e. The van der Waals surface area contributed by atoms with Crippen molar-refractivity contribution >= 4 is 27.5 Å². The Labute approximate surface area is 259 Å². The number of nitrogens with one attached hydrogen (secondary N) is 3. The van der Waals surface area contributed by atoms with Crippen molar-refractivity contribution < 1.29 is 27.9 Å². The van der Waals surface area contributed by atoms with Gasteiger partial charge in [-0.1, -0.05) is 18.1 Å². The molecule has 1 unspecified atom stereocenters. The molecule has 3 aliphatic rings. The van der Waals surface area contributed by atoms with Gasteiger partial charge in [-0.05, 0) is 70.1 Å². The van der Waals surface area contributed by atoms with Crippen molar-refractivity contribution in [3.8, 4) is 11.8 Å². The molecule has 4 N–H and O–H groups in total. The van der Waals surface area contributed by atoms with Crippen LogP contribution in [0.25, 0.3) is 0 Å². The largest absolute Gasteiger partial charge is 0.390 e. The normalized spacial score (nSPS) is 22.7. The van der Waals surface area contributed by atoms with Gasteiger partial charge in [0, 0.05) is 43.2 Å². The van der Waals surface area contributed by atoms with E-state index in [9.17, 15) is 23.1 Å². The number of carbonyl (C=O) groups excluding carboxylic acids is 2. The van der Waals surface area contributed by atoms with Gasteiger partial charge in [0.15, 0.2) is 0 Å². The number of aliphatic hydroxyl groups is 1. The average Bonchev–Trinajstić information content (AvgIpc) is 3.33. The van der Waals surface area contributed by atoms with Crippen molar-refractivity contribution in [1.82, 2.24) is 25.3 Å². The molecule has 3 aliphatic heterocycles. The summed E-state index contributed by atoms with van der Waals surface area (Å²) in [4.78, 5) is 31.8. The SMILES string of the molecule is CC#CCN1C(=O)[C@@H]([C@H](O)C2CCOCC2)NC(=O)C12CCN(C(c1ccc(NS(C)(=O)=O)cc1)c1c(C)n[nH]c1C)CC2. The van der Waals surface area contributed by atoms with E-state index in [-0.39, 0.29) is 30.3 Å². The minimum absolute atomic E-state index is 0.109. The van der Waals surface area contributed by atoms with E-state index in [1.807, 2.05) is 26.0 Å². The number of rotatable bonds is 8. The van der Waals surface area contributed by atoms with E-state index in [0.29, 0.717) is 57.7 Å². The molecule has 2 amide bonds. The maximum Gasteiger partial charge on any atom is 0.249 e. The molecule has 0 bridgehead atoms. The van der Waals surface area contributed by atoms with E-state index in [1.54, 1.807) is 24.0 Å². The zero-order chi connectivity index (χ0) is 31.6. The molecule has 1 aromatic heterocycles. The number of piperazine rings is 1. The van der Waals surface area contributed by atoms with Crippen molar-refractivity contribution in [2.45, 2.75) is 70.2 Å². The number of aromatic amines is 1. The van der Waals surface area contributed by atoms with Gasteiger partial charge in [-0.15, -0.1) is 5.92 Å². The van der Waals surface area contributed by atoms with Crippen LogP contribution in [0.1, 0.15) is 61.2 Å². The van der Waals surface area contributed by atoms with E-state index < -0.39 is 27.7 Å². The van der Waals surface area contributed by atoms with Crippen molar-refractivity contribution in [1.29, 1.82) is 0 Å². The monoisotopic (exact) mass is 626 g/mol. The summed E-state index contributed by atoms with van der Waals surface area (Å²) < 4.78 is 31.4. The lowest BCUT2D eigenvalue weighted by Gasteiger charge is -2.53. The summed E-state index contributed by atoms with van der Waals surface area (Å²) in [6.07, 6.45) is 2.15. The van der Waals surface area contributed by atoms with Gasteiger partial charge in [-0.25, -0.2) is 8.42 Å². The highest BCUT2D eigenvalue weighted by Crippen LogP contribution is 2.40. The second kappa shape index (κ2) is 12.9. The summed E-state index contributed by atoms with van der Waals surface area (Å²) >= 11 is 0. The van der Waals surface area contributed by atoms with Crippen LogP contribution in [0.4, 0.5) is 5.69 Å². The van der Waals surface area contributed by atoms with Crippen molar-refractivity contribution in [2.75, 3.05) is 43.8 Å². The number of amides is 2. The van der Waals surface area contributed by atoms with Crippen molar-refractivity contribution in [3.63, 3.8) is 0 Å². The summed E-state index contributed by atoms with van der Waals surface area (Å²) in [6, 6.07) is 6.04. The molecule has 3 atom stereocenters. The third kappa shape index (κ3) is 6.35. The quantitative estimate of drug-likeness (QED) is 0.321. The average molecular weight is 627 g/mol. The molecule has 2 aromatic rings. The standard InChI is InChI=1S/C31H42N6O6S/c1-5-6-15-37-29(39)26(28(38)23-11-18-43-19-12-23)32-30(40)31(37)13-16-36(17-14-31)27(25-20(2)33-34-21(25)3)22-7-9-24(10-8-22)35-44(4,41)42/h7-10,23,26-28,35,38H,11-19H2,1-4H3,(H,32,40)(H,33,34)/t26-,27?,28-/m1/s1. The Morgan fingerprint density at radius 2 is 1.82 bits per heavy atom. The van der Waals surface area contributed by atoms with E-state index in [0.717, 1.165) is 28.8 Å². The first-order valence-electron chi connectivity index (χ1n) is 15.1. The lowest BCUT2D eigenvalue weighted by molar-refractivity contribution is -0.165. The molecule has 0 aliphatic carbocycles. The summed E-state index contributed by atoms with van der Waals surface area (Å²) in [5.74, 6) is 5.17. The molecule has 3 fully saturated rings. The first-order chi connectivity index (χ1) is 20.9. The second-order valence-corrected chi connectivity index (χ2v) is 13.8. The summed E-state index contributed by atoms with van der Waals surface area (Å²) in [5.41, 5.74) is 3.11. The molecule has 3 saturated heterocycles. The van der Waals surface area contributed by atoms with Crippen LogP contribution >= 0.6 is 0 Å². The molecule has 238 valence electrons. The van der Waals surface area contributed by atoms with E-state index in [2.05, 4.69) is 37.0 Å². The molecule has 44 heavy (non-hydrogen) atoms. The lowest BCUT2D eigenvalue weighted by Crippen LogP contribution is -2.75. The summed E-state index contributed by atoms with van der Waals surface area (Å²) in [5, 5.41) is 21.6. The minimum Gasteiger partial charge on any atom is -0.390 e. The van der Waals surface area contributed by atoms with Crippen LogP contribution in [0.15, 0.2) is 24.3 Å². The van der Waals surface area contributed by atoms with Crippen molar-refractivity contribution in [2.24, 2.45) is 5.92 Å². The zero-order valence-electron chi connectivity index (χ0n) is 25.7. The van der Waals surface area contributed by atoms with Crippen LogP contribution in [-0.2, 0) is 24.3 Å². The third-order valence-corrected chi connectivity index (χ3v) is 9.85. The number of benzene rings is 1. The molecule has 0 saturated carbocycles. The maximum absolute atomic E-state index is 14.0. The Morgan fingerprint density at radius 3 is 2.39 bits per heavy atom. The third-order valence-electron chi connectivity index (χ3n) is 9.24. The van der Waals surface area contributed by atoms with Gasteiger partial charge in [-0.3, -0.25) is 24.3 Å². The molecule has 5 rings (SSSR count). The van der Waals surface area contributed by atoms with Gasteiger partial charge in [-0.2, -0.15) is 5.10 Å². The molecule has 1 spiro atoms. The molecule has 12 nitrogen and oxygen atoms in total. The van der Waals surface area contributed by atoms with E-state index >= 15 is 0 Å². The Hall–Kier alpha value is -3.44. The van der Waals surface area contributed by atoms with Crippen molar-refractivity contribution in [3.05, 3.63) is 46.8 Å². The number of carbonyl (C=O) groups is 2. The predicted octanol–water partition coefficient (Wildman–Crippen LogP) is 1.46. The number of aliphatic hydroxyl groups excluding tert-OH is 1. The number of nitrogens with zero attached hydrogens (tertiary/aromatic N) is 3. The number of H-pyrrole nitrogens is 1. The molecule has 0 radical (unpaired) electrons. The Morgan fingerprint density at radius 1 is 1.16 bits per heavy atom. The maximum atomic E-state index is 14.0. The first-order valence-corrected chi connectivity index (χ1v) is 17.0. The fraction of sp³-hybridized carbons (Fsp3) is 0.581. The number of piperidine rings is 1. The fourth-order valence-electron chi connectivity index (χ4n) is 6.91. The second-order valence-electron chi connectivity index (χ2n) is 12.1. The molecule has 4 heterocycles.